The minimum absolute atomic E-state index is 0.463. The van der Waals surface area contributed by atoms with Crippen LogP contribution in [-0.4, -0.2) is 29.8 Å². The summed E-state index contributed by atoms with van der Waals surface area (Å²) in [4.78, 5) is 26.4. The molecule has 1 heterocycles. The Bertz CT molecular complexity index is 1040. The second-order valence-electron chi connectivity index (χ2n) is 6.74. The van der Waals surface area contributed by atoms with Crippen molar-refractivity contribution >= 4 is 18.2 Å². The van der Waals surface area contributed by atoms with Gasteiger partial charge in [0.05, 0.1) is 12.8 Å². The molecule has 4 rings (SSSR count). The zero-order valence-electron chi connectivity index (χ0n) is 16.5. The fourth-order valence-electron chi connectivity index (χ4n) is 3.55. The molecule has 0 aliphatic carbocycles. The number of rotatable bonds is 6. The maximum Gasteiger partial charge on any atom is 0.346 e. The van der Waals surface area contributed by atoms with Gasteiger partial charge in [-0.05, 0) is 30.2 Å². The Morgan fingerprint density at radius 2 is 1.47 bits per heavy atom. The van der Waals surface area contributed by atoms with Gasteiger partial charge in [0.25, 0.3) is 5.91 Å². The van der Waals surface area contributed by atoms with E-state index in [0.717, 1.165) is 5.01 Å². The van der Waals surface area contributed by atoms with Gasteiger partial charge in [-0.15, -0.1) is 5.01 Å². The maximum atomic E-state index is 13.6. The van der Waals surface area contributed by atoms with Gasteiger partial charge >= 0.3 is 6.03 Å². The normalized spacial score (nSPS) is 15.4. The molecule has 30 heavy (non-hydrogen) atoms. The van der Waals surface area contributed by atoms with Crippen molar-refractivity contribution in [2.24, 2.45) is 5.10 Å². The van der Waals surface area contributed by atoms with E-state index in [1.165, 1.54) is 6.21 Å². The van der Waals surface area contributed by atoms with Gasteiger partial charge < -0.3 is 10.1 Å². The largest absolute Gasteiger partial charge is 0.493 e. The number of carbonyl (C=O) groups excluding carboxylic acids is 2. The van der Waals surface area contributed by atoms with E-state index in [2.05, 4.69) is 10.4 Å². The van der Waals surface area contributed by atoms with Crippen LogP contribution >= 0.6 is 0 Å². The first-order valence-corrected chi connectivity index (χ1v) is 9.70. The van der Waals surface area contributed by atoms with Gasteiger partial charge in [-0.25, -0.2) is 4.79 Å². The number of nitrogens with one attached hydrogen (secondary N) is 1. The Kier molecular flexibility index (Phi) is 5.30. The lowest BCUT2D eigenvalue weighted by Crippen LogP contribution is -2.44. The van der Waals surface area contributed by atoms with Gasteiger partial charge in [-0.3, -0.25) is 4.79 Å². The van der Waals surface area contributed by atoms with Crippen LogP contribution in [0.25, 0.3) is 0 Å². The van der Waals surface area contributed by atoms with Crippen molar-refractivity contribution in [1.29, 1.82) is 0 Å². The molecule has 1 saturated heterocycles. The molecule has 0 saturated carbocycles. The summed E-state index contributed by atoms with van der Waals surface area (Å²) in [7, 11) is 0. The lowest BCUT2D eigenvalue weighted by atomic mass is 9.83. The van der Waals surface area contributed by atoms with Crippen molar-refractivity contribution in [3.63, 3.8) is 0 Å². The van der Waals surface area contributed by atoms with Crippen LogP contribution in [0.5, 0.6) is 5.75 Å². The Morgan fingerprint density at radius 1 is 0.900 bits per heavy atom. The van der Waals surface area contributed by atoms with Crippen LogP contribution in [0.15, 0.2) is 90.0 Å². The molecule has 1 N–H and O–H groups in total. The Hall–Kier alpha value is -3.93. The number of ether oxygens (including phenoxy) is 1. The zero-order valence-corrected chi connectivity index (χ0v) is 16.5. The summed E-state index contributed by atoms with van der Waals surface area (Å²) in [6.07, 6.45) is 1.47. The lowest BCUT2D eigenvalue weighted by molar-refractivity contribution is -0.130. The number of hydrogen-bond donors (Lipinski definition) is 1. The molecule has 0 spiro atoms. The highest BCUT2D eigenvalue weighted by molar-refractivity contribution is 6.10. The van der Waals surface area contributed by atoms with Gasteiger partial charge in [-0.1, -0.05) is 72.8 Å². The molecule has 0 radical (unpaired) electrons. The fourth-order valence-corrected chi connectivity index (χ4v) is 3.55. The molecule has 0 unspecified atom stereocenters. The molecule has 1 fully saturated rings. The summed E-state index contributed by atoms with van der Waals surface area (Å²) in [5.74, 6) is 0.170. The first-order valence-electron chi connectivity index (χ1n) is 9.70. The molecule has 3 aromatic rings. The summed E-state index contributed by atoms with van der Waals surface area (Å²) in [6, 6.07) is 25.1. The first-order chi connectivity index (χ1) is 14.7. The maximum absolute atomic E-state index is 13.6. The Labute approximate surface area is 174 Å². The minimum Gasteiger partial charge on any atom is -0.493 e. The van der Waals surface area contributed by atoms with Gasteiger partial charge in [0.2, 0.25) is 0 Å². The van der Waals surface area contributed by atoms with Crippen molar-refractivity contribution in [3.05, 3.63) is 102 Å². The highest BCUT2D eigenvalue weighted by Crippen LogP contribution is 2.36. The molecular formula is C24H21N3O3. The predicted octanol–water partition coefficient (Wildman–Crippen LogP) is 3.91. The molecular weight excluding hydrogens is 378 g/mol. The van der Waals surface area contributed by atoms with E-state index >= 15 is 0 Å². The summed E-state index contributed by atoms with van der Waals surface area (Å²) < 4.78 is 5.59. The third-order valence-corrected chi connectivity index (χ3v) is 4.94. The Morgan fingerprint density at radius 3 is 2.07 bits per heavy atom. The topological polar surface area (TPSA) is 71.0 Å². The van der Waals surface area contributed by atoms with Crippen LogP contribution < -0.4 is 10.1 Å². The van der Waals surface area contributed by atoms with Crippen LogP contribution in [0.2, 0.25) is 0 Å². The molecule has 1 aliphatic heterocycles. The molecule has 0 atom stereocenters. The number of urea groups is 1. The predicted molar refractivity (Wildman–Crippen MR) is 114 cm³/mol. The molecule has 150 valence electrons. The number of carbonyl (C=O) groups is 2. The zero-order chi connectivity index (χ0) is 21.0. The van der Waals surface area contributed by atoms with Crippen molar-refractivity contribution < 1.29 is 14.3 Å². The molecule has 1 aliphatic rings. The van der Waals surface area contributed by atoms with E-state index in [1.54, 1.807) is 0 Å². The van der Waals surface area contributed by atoms with E-state index < -0.39 is 17.5 Å². The van der Waals surface area contributed by atoms with Crippen LogP contribution in [0, 0.1) is 0 Å². The van der Waals surface area contributed by atoms with Crippen molar-refractivity contribution in [3.8, 4) is 5.75 Å². The van der Waals surface area contributed by atoms with E-state index in [4.69, 9.17) is 4.74 Å². The number of hydrogen-bond acceptors (Lipinski definition) is 4. The molecule has 6 nitrogen and oxygen atoms in total. The van der Waals surface area contributed by atoms with Crippen LogP contribution in [-0.2, 0) is 10.3 Å². The van der Waals surface area contributed by atoms with Gasteiger partial charge in [0.1, 0.15) is 5.75 Å². The van der Waals surface area contributed by atoms with E-state index in [9.17, 15) is 9.59 Å². The number of imide groups is 1. The number of nitrogens with zero attached hydrogens (tertiary/aromatic N) is 2. The van der Waals surface area contributed by atoms with E-state index in [1.807, 2.05) is 91.9 Å². The van der Waals surface area contributed by atoms with E-state index in [-0.39, 0.29) is 0 Å². The van der Waals surface area contributed by atoms with Crippen molar-refractivity contribution in [2.45, 2.75) is 12.5 Å². The molecule has 0 aromatic heterocycles. The quantitative estimate of drug-likeness (QED) is 0.505. The summed E-state index contributed by atoms with van der Waals surface area (Å²) >= 11 is 0. The Balaban J connectivity index is 1.75. The average molecular weight is 399 g/mol. The summed E-state index contributed by atoms with van der Waals surface area (Å²) in [5, 5.41) is 7.96. The number of amides is 3. The van der Waals surface area contributed by atoms with Gasteiger partial charge in [0, 0.05) is 5.56 Å². The highest BCUT2D eigenvalue weighted by atomic mass is 16.5. The second kappa shape index (κ2) is 8.21. The monoisotopic (exact) mass is 399 g/mol. The fraction of sp³-hybridized carbons (Fsp3) is 0.125. The number of para-hydroxylation sites is 1. The number of hydrazone groups is 1. The molecule has 3 aromatic carbocycles. The first kappa shape index (κ1) is 19.4. The van der Waals surface area contributed by atoms with Gasteiger partial charge in [-0.2, -0.15) is 5.10 Å². The highest BCUT2D eigenvalue weighted by Gasteiger charge is 2.54. The molecule has 3 amide bonds. The lowest BCUT2D eigenvalue weighted by Gasteiger charge is -2.27. The smallest absolute Gasteiger partial charge is 0.346 e. The van der Waals surface area contributed by atoms with Crippen molar-refractivity contribution in [1.82, 2.24) is 10.3 Å². The molecule has 6 heteroatoms. The summed E-state index contributed by atoms with van der Waals surface area (Å²) in [6.45, 7) is 2.39. The van der Waals surface area contributed by atoms with Crippen molar-refractivity contribution in [2.75, 3.05) is 6.61 Å². The third kappa shape index (κ3) is 3.33. The third-order valence-electron chi connectivity index (χ3n) is 4.94. The minimum atomic E-state index is -1.34. The van der Waals surface area contributed by atoms with Crippen LogP contribution in [0.1, 0.15) is 23.6 Å². The standard InChI is InChI=1S/C24H21N3O3/c1-2-30-21-16-10-9-11-18(21)17-25-27-22(28)24(26-23(27)29,19-12-5-3-6-13-19)20-14-7-4-8-15-20/h3-17H,2H2,1H3,(H,26,29)/b25-17-. The number of benzene rings is 3. The molecule has 0 bridgehead atoms. The van der Waals surface area contributed by atoms with Gasteiger partial charge in [0.15, 0.2) is 5.54 Å². The average Bonchev–Trinajstić information content (AvgIpc) is 3.05. The van der Waals surface area contributed by atoms with Crippen LogP contribution in [0.3, 0.4) is 0 Å². The van der Waals surface area contributed by atoms with Crippen LogP contribution in [0.4, 0.5) is 4.79 Å². The SMILES string of the molecule is CCOc1ccccc1/C=N\N1C(=O)NC(c2ccccc2)(c2ccccc2)C1=O. The second-order valence-corrected chi connectivity index (χ2v) is 6.74. The van der Waals surface area contributed by atoms with E-state index in [0.29, 0.717) is 29.0 Å². The summed E-state index contributed by atoms with van der Waals surface area (Å²) in [5.41, 5.74) is 0.678.